The van der Waals surface area contributed by atoms with Crippen molar-refractivity contribution in [2.24, 2.45) is 7.05 Å². The van der Waals surface area contributed by atoms with Crippen LogP contribution in [-0.4, -0.2) is 36.9 Å². The number of para-hydroxylation sites is 1. The average molecular weight is 365 g/mol. The highest BCUT2D eigenvalue weighted by Crippen LogP contribution is 2.25. The number of sulfonamides is 1. The number of benzene rings is 1. The fourth-order valence-electron chi connectivity index (χ4n) is 2.97. The van der Waals surface area contributed by atoms with E-state index in [4.69, 9.17) is 0 Å². The number of aromatic nitrogens is 1. The van der Waals surface area contributed by atoms with Crippen molar-refractivity contribution in [1.29, 1.82) is 0 Å². The van der Waals surface area contributed by atoms with Crippen molar-refractivity contribution in [3.05, 3.63) is 47.5 Å². The van der Waals surface area contributed by atoms with Crippen LogP contribution in [0, 0.1) is 12.7 Å². The van der Waals surface area contributed by atoms with Gasteiger partial charge in [0.15, 0.2) is 0 Å². The van der Waals surface area contributed by atoms with Gasteiger partial charge in [-0.2, -0.15) is 0 Å². The predicted octanol–water partition coefficient (Wildman–Crippen LogP) is 2.51. The quantitative estimate of drug-likeness (QED) is 0.905. The first-order valence-electron chi connectivity index (χ1n) is 8.04. The summed E-state index contributed by atoms with van der Waals surface area (Å²) < 4.78 is 42.9. The van der Waals surface area contributed by atoms with Gasteiger partial charge in [-0.25, -0.2) is 12.8 Å². The van der Waals surface area contributed by atoms with E-state index in [2.05, 4.69) is 4.72 Å². The van der Waals surface area contributed by atoms with Gasteiger partial charge in [-0.1, -0.05) is 12.1 Å². The molecule has 1 fully saturated rings. The van der Waals surface area contributed by atoms with Crippen LogP contribution in [0.25, 0.3) is 0 Å². The number of hydrogen-bond acceptors (Lipinski definition) is 3. The summed E-state index contributed by atoms with van der Waals surface area (Å²) in [6.07, 6.45) is 1.91. The number of nitrogens with zero attached hydrogens (tertiary/aromatic N) is 2. The molecule has 0 spiro atoms. The number of hydrogen-bond donors (Lipinski definition) is 1. The van der Waals surface area contributed by atoms with Crippen LogP contribution >= 0.6 is 0 Å². The van der Waals surface area contributed by atoms with Crippen molar-refractivity contribution in [1.82, 2.24) is 9.47 Å². The van der Waals surface area contributed by atoms with E-state index in [0.29, 0.717) is 24.5 Å². The van der Waals surface area contributed by atoms with Crippen LogP contribution in [0.1, 0.15) is 29.0 Å². The van der Waals surface area contributed by atoms with Crippen LogP contribution in [0.4, 0.5) is 10.1 Å². The Balaban J connectivity index is 1.95. The molecule has 134 valence electrons. The molecule has 6 nitrogen and oxygen atoms in total. The van der Waals surface area contributed by atoms with E-state index >= 15 is 0 Å². The average Bonchev–Trinajstić information content (AvgIpc) is 3.19. The summed E-state index contributed by atoms with van der Waals surface area (Å²) in [6, 6.07) is 6.91. The Morgan fingerprint density at radius 1 is 1.20 bits per heavy atom. The highest BCUT2D eigenvalue weighted by molar-refractivity contribution is 7.92. The third-order valence-corrected chi connectivity index (χ3v) is 5.99. The number of carbonyl (C=O) groups excluding carboxylic acids is 1. The van der Waals surface area contributed by atoms with Gasteiger partial charge in [0.2, 0.25) is 0 Å². The molecule has 2 heterocycles. The summed E-state index contributed by atoms with van der Waals surface area (Å²) in [6.45, 7) is 2.98. The Morgan fingerprint density at radius 2 is 1.84 bits per heavy atom. The van der Waals surface area contributed by atoms with E-state index in [9.17, 15) is 17.6 Å². The van der Waals surface area contributed by atoms with Gasteiger partial charge in [0.25, 0.3) is 15.9 Å². The maximum atomic E-state index is 13.8. The Labute approximate surface area is 146 Å². The number of carbonyl (C=O) groups is 1. The second-order valence-electron chi connectivity index (χ2n) is 6.12. The summed E-state index contributed by atoms with van der Waals surface area (Å²) in [5.41, 5.74) is 0.609. The smallest absolute Gasteiger partial charge is 0.270 e. The molecule has 0 atom stereocenters. The van der Waals surface area contributed by atoms with Gasteiger partial charge in [0.05, 0.1) is 5.69 Å². The van der Waals surface area contributed by atoms with Gasteiger partial charge in [-0.3, -0.25) is 9.52 Å². The summed E-state index contributed by atoms with van der Waals surface area (Å²) >= 11 is 0. The number of likely N-dealkylation sites (tertiary alicyclic amines) is 1. The number of rotatable bonds is 4. The molecule has 1 amide bonds. The highest BCUT2D eigenvalue weighted by atomic mass is 32.2. The molecule has 1 aromatic heterocycles. The maximum Gasteiger partial charge on any atom is 0.270 e. The number of anilines is 1. The van der Waals surface area contributed by atoms with E-state index < -0.39 is 15.8 Å². The summed E-state index contributed by atoms with van der Waals surface area (Å²) in [7, 11) is -2.35. The summed E-state index contributed by atoms with van der Waals surface area (Å²) in [5.74, 6) is -0.844. The SMILES string of the molecule is Cc1c(S(=O)(=O)Nc2ccccc2F)cc(C(=O)N2CCCC2)n1C. The fraction of sp³-hybridized carbons (Fsp3) is 0.353. The minimum Gasteiger partial charge on any atom is -0.343 e. The molecule has 1 aliphatic rings. The largest absolute Gasteiger partial charge is 0.343 e. The van der Waals surface area contributed by atoms with Gasteiger partial charge < -0.3 is 9.47 Å². The van der Waals surface area contributed by atoms with Crippen LogP contribution in [0.2, 0.25) is 0 Å². The molecule has 0 aliphatic carbocycles. The topological polar surface area (TPSA) is 71.4 Å². The normalized spacial score (nSPS) is 14.8. The minimum absolute atomic E-state index is 0.0270. The van der Waals surface area contributed by atoms with Gasteiger partial charge >= 0.3 is 0 Å². The van der Waals surface area contributed by atoms with Gasteiger partial charge in [0.1, 0.15) is 16.4 Å². The molecule has 1 N–H and O–H groups in total. The van der Waals surface area contributed by atoms with Gasteiger partial charge in [-0.15, -0.1) is 0 Å². The van der Waals surface area contributed by atoms with E-state index in [1.54, 1.807) is 29.5 Å². The second kappa shape index (κ2) is 6.51. The zero-order chi connectivity index (χ0) is 18.2. The molecule has 0 radical (unpaired) electrons. The number of amides is 1. The third-order valence-electron chi connectivity index (χ3n) is 4.51. The van der Waals surface area contributed by atoms with Crippen molar-refractivity contribution in [2.75, 3.05) is 17.8 Å². The molecular formula is C17H20FN3O3S. The molecule has 25 heavy (non-hydrogen) atoms. The molecule has 8 heteroatoms. The lowest BCUT2D eigenvalue weighted by atomic mass is 10.3. The molecule has 2 aromatic rings. The Hall–Kier alpha value is -2.35. The summed E-state index contributed by atoms with van der Waals surface area (Å²) in [5, 5.41) is 0. The maximum absolute atomic E-state index is 13.8. The Bertz CT molecular complexity index is 915. The molecule has 0 unspecified atom stereocenters. The molecule has 1 saturated heterocycles. The number of halogens is 1. The van der Waals surface area contributed by atoms with E-state index in [1.807, 2.05) is 0 Å². The van der Waals surface area contributed by atoms with E-state index in [1.165, 1.54) is 24.3 Å². The Morgan fingerprint density at radius 3 is 2.48 bits per heavy atom. The van der Waals surface area contributed by atoms with Crippen molar-refractivity contribution in [3.8, 4) is 0 Å². The molecule has 1 aromatic carbocycles. The van der Waals surface area contributed by atoms with Gasteiger partial charge in [0, 0.05) is 25.8 Å². The van der Waals surface area contributed by atoms with Crippen LogP contribution in [0.3, 0.4) is 0 Å². The first-order valence-corrected chi connectivity index (χ1v) is 9.52. The molecular weight excluding hydrogens is 345 g/mol. The molecule has 0 bridgehead atoms. The van der Waals surface area contributed by atoms with Crippen molar-refractivity contribution in [3.63, 3.8) is 0 Å². The first-order chi connectivity index (χ1) is 11.8. The zero-order valence-corrected chi connectivity index (χ0v) is 14.9. The lowest BCUT2D eigenvalue weighted by Crippen LogP contribution is -2.29. The van der Waals surface area contributed by atoms with Crippen molar-refractivity contribution in [2.45, 2.75) is 24.7 Å². The van der Waals surface area contributed by atoms with Crippen LogP contribution in [-0.2, 0) is 17.1 Å². The van der Waals surface area contributed by atoms with Crippen LogP contribution < -0.4 is 4.72 Å². The molecule has 3 rings (SSSR count). The molecule has 1 aliphatic heterocycles. The van der Waals surface area contributed by atoms with E-state index in [0.717, 1.165) is 12.8 Å². The van der Waals surface area contributed by atoms with Crippen LogP contribution in [0.5, 0.6) is 0 Å². The standard InChI is InChI=1S/C17H20FN3O3S/c1-12-16(25(23,24)19-14-8-4-3-7-13(14)18)11-15(20(12)2)17(22)21-9-5-6-10-21/h3-4,7-8,11,19H,5-6,9-10H2,1-2H3. The minimum atomic E-state index is -4.01. The van der Waals surface area contributed by atoms with Crippen molar-refractivity contribution >= 4 is 21.6 Å². The lowest BCUT2D eigenvalue weighted by molar-refractivity contribution is 0.0783. The van der Waals surface area contributed by atoms with Gasteiger partial charge in [-0.05, 0) is 38.0 Å². The summed E-state index contributed by atoms with van der Waals surface area (Å²) in [4.78, 5) is 14.3. The number of nitrogens with one attached hydrogen (secondary N) is 1. The van der Waals surface area contributed by atoms with Crippen molar-refractivity contribution < 1.29 is 17.6 Å². The fourth-order valence-corrected chi connectivity index (χ4v) is 4.33. The van der Waals surface area contributed by atoms with Crippen LogP contribution in [0.15, 0.2) is 35.2 Å². The predicted molar refractivity (Wildman–Crippen MR) is 92.5 cm³/mol. The zero-order valence-electron chi connectivity index (χ0n) is 14.1. The third kappa shape index (κ3) is 3.26. The molecule has 0 saturated carbocycles. The highest BCUT2D eigenvalue weighted by Gasteiger charge is 2.28. The Kier molecular flexibility index (Phi) is 4.55. The van der Waals surface area contributed by atoms with E-state index in [-0.39, 0.29) is 16.5 Å². The first kappa shape index (κ1) is 17.5. The monoisotopic (exact) mass is 365 g/mol. The second-order valence-corrected chi connectivity index (χ2v) is 7.77. The lowest BCUT2D eigenvalue weighted by Gasteiger charge is -2.15.